The zero-order chi connectivity index (χ0) is 20.7. The van der Waals surface area contributed by atoms with E-state index in [1.54, 1.807) is 38.3 Å². The zero-order valence-corrected chi connectivity index (χ0v) is 19.4. The second-order valence-electron chi connectivity index (χ2n) is 5.43. The van der Waals surface area contributed by atoms with Crippen molar-refractivity contribution in [2.45, 2.75) is 6.92 Å². The standard InChI is InChI=1S/C20H16I2N2O4/c1-3-28-20(26)12-4-6-16(7-5-12)24-19(25)14(11-23)8-13-9-15(21)10-17(22)18(13)27-2/h4-10H,3H2,1-2H3,(H,24,25)/b14-8+. The number of carbonyl (C=O) groups excluding carboxylic acids is 2. The molecule has 0 saturated heterocycles. The van der Waals surface area contributed by atoms with Crippen LogP contribution in [0.3, 0.4) is 0 Å². The molecule has 0 heterocycles. The van der Waals surface area contributed by atoms with Crippen LogP contribution in [0.2, 0.25) is 0 Å². The SMILES string of the molecule is CCOC(=O)c1ccc(NC(=O)/C(C#N)=C/c2cc(I)cc(I)c2OC)cc1. The Morgan fingerprint density at radius 2 is 1.89 bits per heavy atom. The second-order valence-corrected chi connectivity index (χ2v) is 7.84. The Bertz CT molecular complexity index is 963. The van der Waals surface area contributed by atoms with E-state index in [0.717, 1.165) is 7.14 Å². The fourth-order valence-corrected chi connectivity index (χ4v) is 4.42. The van der Waals surface area contributed by atoms with Crippen LogP contribution in [0.15, 0.2) is 42.0 Å². The first-order chi connectivity index (χ1) is 13.4. The molecule has 144 valence electrons. The summed E-state index contributed by atoms with van der Waals surface area (Å²) >= 11 is 4.30. The van der Waals surface area contributed by atoms with E-state index in [9.17, 15) is 14.9 Å². The van der Waals surface area contributed by atoms with Crippen molar-refractivity contribution in [3.8, 4) is 11.8 Å². The van der Waals surface area contributed by atoms with Gasteiger partial charge in [-0.2, -0.15) is 5.26 Å². The summed E-state index contributed by atoms with van der Waals surface area (Å²) in [6, 6.07) is 11.9. The number of carbonyl (C=O) groups is 2. The number of nitrogens with zero attached hydrogens (tertiary/aromatic N) is 1. The molecule has 28 heavy (non-hydrogen) atoms. The Morgan fingerprint density at radius 3 is 2.46 bits per heavy atom. The fraction of sp³-hybridized carbons (Fsp3) is 0.150. The highest BCUT2D eigenvalue weighted by Gasteiger charge is 2.14. The predicted octanol–water partition coefficient (Wildman–Crippen LogP) is 4.63. The van der Waals surface area contributed by atoms with E-state index in [0.29, 0.717) is 22.6 Å². The van der Waals surface area contributed by atoms with Crippen LogP contribution in [0.1, 0.15) is 22.8 Å². The van der Waals surface area contributed by atoms with Gasteiger partial charge >= 0.3 is 5.97 Å². The molecule has 0 saturated carbocycles. The van der Waals surface area contributed by atoms with E-state index in [1.165, 1.54) is 6.08 Å². The van der Waals surface area contributed by atoms with Crippen LogP contribution in [0.5, 0.6) is 5.75 Å². The van der Waals surface area contributed by atoms with Crippen molar-refractivity contribution < 1.29 is 19.1 Å². The molecule has 0 atom stereocenters. The van der Waals surface area contributed by atoms with Gasteiger partial charge in [-0.1, -0.05) is 0 Å². The maximum Gasteiger partial charge on any atom is 0.338 e. The van der Waals surface area contributed by atoms with Crippen molar-refractivity contribution in [3.63, 3.8) is 0 Å². The summed E-state index contributed by atoms with van der Waals surface area (Å²) in [7, 11) is 1.54. The molecule has 1 N–H and O–H groups in total. The number of esters is 1. The van der Waals surface area contributed by atoms with Gasteiger partial charge < -0.3 is 14.8 Å². The molecule has 0 aliphatic carbocycles. The minimum Gasteiger partial charge on any atom is -0.495 e. The Kier molecular flexibility index (Phi) is 8.25. The third-order valence-corrected chi connectivity index (χ3v) is 4.98. The van der Waals surface area contributed by atoms with Crippen LogP contribution in [0, 0.1) is 18.5 Å². The molecule has 0 fully saturated rings. The molecule has 2 aromatic rings. The maximum absolute atomic E-state index is 12.5. The Morgan fingerprint density at radius 1 is 1.21 bits per heavy atom. The van der Waals surface area contributed by atoms with E-state index >= 15 is 0 Å². The fourth-order valence-electron chi connectivity index (χ4n) is 2.31. The summed E-state index contributed by atoms with van der Waals surface area (Å²) in [4.78, 5) is 24.2. The summed E-state index contributed by atoms with van der Waals surface area (Å²) in [5.74, 6) is -0.388. The molecule has 8 heteroatoms. The lowest BCUT2D eigenvalue weighted by atomic mass is 10.1. The van der Waals surface area contributed by atoms with Crippen molar-refractivity contribution in [1.29, 1.82) is 5.26 Å². The Balaban J connectivity index is 2.24. The number of nitriles is 1. The van der Waals surface area contributed by atoms with E-state index in [1.807, 2.05) is 18.2 Å². The largest absolute Gasteiger partial charge is 0.495 e. The second kappa shape index (κ2) is 10.4. The Labute approximate surface area is 190 Å². The number of ether oxygens (including phenoxy) is 2. The summed E-state index contributed by atoms with van der Waals surface area (Å²) in [6.45, 7) is 2.01. The van der Waals surface area contributed by atoms with Gasteiger partial charge in [-0.15, -0.1) is 0 Å². The quantitative estimate of drug-likeness (QED) is 0.226. The number of benzene rings is 2. The van der Waals surface area contributed by atoms with Crippen LogP contribution in [-0.4, -0.2) is 25.6 Å². The summed E-state index contributed by atoms with van der Waals surface area (Å²) < 4.78 is 12.1. The Hall–Kier alpha value is -2.13. The third kappa shape index (κ3) is 5.68. The number of rotatable bonds is 6. The smallest absolute Gasteiger partial charge is 0.338 e. The molecule has 2 rings (SSSR count). The first-order valence-corrected chi connectivity index (χ1v) is 10.3. The maximum atomic E-state index is 12.5. The summed E-state index contributed by atoms with van der Waals surface area (Å²) in [6.07, 6.45) is 1.49. The number of nitrogens with one attached hydrogen (secondary N) is 1. The lowest BCUT2D eigenvalue weighted by molar-refractivity contribution is -0.112. The van der Waals surface area contributed by atoms with Crippen LogP contribution in [0.4, 0.5) is 5.69 Å². The lowest BCUT2D eigenvalue weighted by Crippen LogP contribution is -2.14. The van der Waals surface area contributed by atoms with Gasteiger partial charge in [0.2, 0.25) is 0 Å². The molecule has 0 unspecified atom stereocenters. The molecule has 0 bridgehead atoms. The van der Waals surface area contributed by atoms with Crippen LogP contribution >= 0.6 is 45.2 Å². The zero-order valence-electron chi connectivity index (χ0n) is 15.1. The molecule has 6 nitrogen and oxygen atoms in total. The monoisotopic (exact) mass is 602 g/mol. The van der Waals surface area contributed by atoms with Gasteiger partial charge in [0.1, 0.15) is 17.4 Å². The van der Waals surface area contributed by atoms with Crippen LogP contribution < -0.4 is 10.1 Å². The topological polar surface area (TPSA) is 88.4 Å². The van der Waals surface area contributed by atoms with Crippen LogP contribution in [-0.2, 0) is 9.53 Å². The van der Waals surface area contributed by atoms with Crippen molar-refractivity contribution in [3.05, 3.63) is 60.2 Å². The summed E-state index contributed by atoms with van der Waals surface area (Å²) in [5.41, 5.74) is 1.42. The van der Waals surface area contributed by atoms with Crippen molar-refractivity contribution in [1.82, 2.24) is 0 Å². The predicted molar refractivity (Wildman–Crippen MR) is 123 cm³/mol. The average Bonchev–Trinajstić information content (AvgIpc) is 2.66. The van der Waals surface area contributed by atoms with Gasteiger partial charge in [0.25, 0.3) is 5.91 Å². The van der Waals surface area contributed by atoms with E-state index in [-0.39, 0.29) is 12.2 Å². The minimum atomic E-state index is -0.553. The molecule has 0 aliphatic heterocycles. The number of halogens is 2. The van der Waals surface area contributed by atoms with Gasteiger partial charge in [0.15, 0.2) is 0 Å². The van der Waals surface area contributed by atoms with Crippen LogP contribution in [0.25, 0.3) is 6.08 Å². The highest BCUT2D eigenvalue weighted by Crippen LogP contribution is 2.30. The average molecular weight is 602 g/mol. The molecule has 0 aromatic heterocycles. The first-order valence-electron chi connectivity index (χ1n) is 8.13. The molecular formula is C20H16I2N2O4. The highest BCUT2D eigenvalue weighted by molar-refractivity contribution is 14.1. The van der Waals surface area contributed by atoms with Gasteiger partial charge in [0, 0.05) is 14.8 Å². The molecule has 2 aromatic carbocycles. The van der Waals surface area contributed by atoms with Gasteiger partial charge in [-0.05, 0) is 94.6 Å². The number of methoxy groups -OCH3 is 1. The van der Waals surface area contributed by atoms with Gasteiger partial charge in [0.05, 0.1) is 22.9 Å². The number of hydrogen-bond donors (Lipinski definition) is 1. The molecule has 0 aliphatic rings. The summed E-state index contributed by atoms with van der Waals surface area (Å²) in [5, 5.41) is 12.1. The van der Waals surface area contributed by atoms with Crippen molar-refractivity contribution in [2.75, 3.05) is 19.0 Å². The van der Waals surface area contributed by atoms with Crippen molar-refractivity contribution >= 4 is 68.8 Å². The highest BCUT2D eigenvalue weighted by atomic mass is 127. The number of anilines is 1. The molecule has 0 spiro atoms. The molecule has 1 amide bonds. The van der Waals surface area contributed by atoms with E-state index in [4.69, 9.17) is 9.47 Å². The van der Waals surface area contributed by atoms with Gasteiger partial charge in [-0.25, -0.2) is 4.79 Å². The third-order valence-electron chi connectivity index (χ3n) is 3.56. The molecular weight excluding hydrogens is 586 g/mol. The van der Waals surface area contributed by atoms with Crippen molar-refractivity contribution in [2.24, 2.45) is 0 Å². The molecule has 0 radical (unpaired) electrons. The van der Waals surface area contributed by atoms with E-state index in [2.05, 4.69) is 50.5 Å². The number of amides is 1. The normalized spacial score (nSPS) is 10.8. The van der Waals surface area contributed by atoms with E-state index < -0.39 is 11.9 Å². The minimum absolute atomic E-state index is 0.0643. The van der Waals surface area contributed by atoms with Gasteiger partial charge in [-0.3, -0.25) is 4.79 Å². The lowest BCUT2D eigenvalue weighted by Gasteiger charge is -2.09. The first kappa shape index (κ1) is 22.2. The number of hydrogen-bond acceptors (Lipinski definition) is 5.